The normalized spacial score (nSPS) is 11.3. The molecule has 4 rings (SSSR count). The summed E-state index contributed by atoms with van der Waals surface area (Å²) in [5.41, 5.74) is 5.15. The number of amides is 3. The number of benzene rings is 2. The molecule has 0 aliphatic rings. The number of hydrogen-bond donors (Lipinski definition) is 4. The molecule has 0 aliphatic carbocycles. The van der Waals surface area contributed by atoms with Gasteiger partial charge in [-0.1, -0.05) is 0 Å². The van der Waals surface area contributed by atoms with Crippen molar-refractivity contribution in [3.05, 3.63) is 71.1 Å². The molecule has 4 aromatic rings. The molecule has 0 aliphatic heterocycles. The predicted octanol–water partition coefficient (Wildman–Crippen LogP) is 5.33. The second-order valence-electron chi connectivity index (χ2n) is 6.89. The molecule has 8 nitrogen and oxygen atoms in total. The van der Waals surface area contributed by atoms with Crippen LogP contribution >= 0.6 is 11.3 Å². The van der Waals surface area contributed by atoms with Gasteiger partial charge in [-0.25, -0.2) is 19.2 Å². The fraction of sp³-hybridized carbons (Fsp3) is 0.0476. The number of nitrogen functional groups attached to an aromatic ring is 1. The fourth-order valence-electron chi connectivity index (χ4n) is 3.01. The standard InChI is InChI=1S/C21H14F4N6O2S/c22-15-6-5-12(7-14(15)21(23,24)25)31-20(33)30-11-3-1-10(2-4-11)29-18(32)13-8-34-19-16(13)17(26)27-9-28-19/h1-9H,(H,29,32)(H2,26,27,28)(H2,30,31,33). The zero-order valence-corrected chi connectivity index (χ0v) is 17.7. The van der Waals surface area contributed by atoms with Crippen molar-refractivity contribution in [3.63, 3.8) is 0 Å². The molecular formula is C21H14F4N6O2S. The first kappa shape index (κ1) is 22.9. The summed E-state index contributed by atoms with van der Waals surface area (Å²) in [5, 5.41) is 9.41. The van der Waals surface area contributed by atoms with Gasteiger partial charge in [0, 0.05) is 22.4 Å². The van der Waals surface area contributed by atoms with Gasteiger partial charge in [0.2, 0.25) is 0 Å². The molecule has 0 unspecified atom stereocenters. The summed E-state index contributed by atoms with van der Waals surface area (Å²) in [6, 6.07) is 7.27. The highest BCUT2D eigenvalue weighted by molar-refractivity contribution is 7.17. The van der Waals surface area contributed by atoms with Crippen LogP contribution in [0.1, 0.15) is 15.9 Å². The van der Waals surface area contributed by atoms with Crippen LogP contribution in [-0.4, -0.2) is 21.9 Å². The number of alkyl halides is 3. The number of carbonyl (C=O) groups is 2. The van der Waals surface area contributed by atoms with Crippen LogP contribution in [0.25, 0.3) is 10.2 Å². The number of nitrogens with zero attached hydrogens (tertiary/aromatic N) is 2. The van der Waals surface area contributed by atoms with Gasteiger partial charge in [-0.15, -0.1) is 11.3 Å². The molecule has 0 spiro atoms. The minimum Gasteiger partial charge on any atom is -0.383 e. The van der Waals surface area contributed by atoms with E-state index in [1.807, 2.05) is 0 Å². The van der Waals surface area contributed by atoms with E-state index in [0.29, 0.717) is 39.3 Å². The van der Waals surface area contributed by atoms with Crippen molar-refractivity contribution < 1.29 is 27.2 Å². The second kappa shape index (κ2) is 8.94. The lowest BCUT2D eigenvalue weighted by molar-refractivity contribution is -0.139. The fourth-order valence-corrected chi connectivity index (χ4v) is 3.91. The minimum absolute atomic E-state index is 0.186. The van der Waals surface area contributed by atoms with Gasteiger partial charge in [-0.05, 0) is 42.5 Å². The number of carbonyl (C=O) groups excluding carboxylic acids is 2. The van der Waals surface area contributed by atoms with Crippen molar-refractivity contribution in [3.8, 4) is 0 Å². The Morgan fingerprint density at radius 1 is 0.912 bits per heavy atom. The molecule has 0 atom stereocenters. The lowest BCUT2D eigenvalue weighted by Crippen LogP contribution is -2.20. The van der Waals surface area contributed by atoms with E-state index in [9.17, 15) is 27.2 Å². The van der Waals surface area contributed by atoms with Gasteiger partial charge in [-0.3, -0.25) is 4.79 Å². The van der Waals surface area contributed by atoms with E-state index >= 15 is 0 Å². The molecule has 174 valence electrons. The molecule has 2 aromatic carbocycles. The van der Waals surface area contributed by atoms with E-state index in [1.54, 1.807) is 5.38 Å². The Kier molecular flexibility index (Phi) is 6.03. The summed E-state index contributed by atoms with van der Waals surface area (Å²) in [7, 11) is 0. The molecule has 0 saturated heterocycles. The Labute approximate surface area is 192 Å². The zero-order chi connectivity index (χ0) is 24.5. The summed E-state index contributed by atoms with van der Waals surface area (Å²) in [6.07, 6.45) is -3.59. The topological polar surface area (TPSA) is 122 Å². The van der Waals surface area contributed by atoms with E-state index in [4.69, 9.17) is 5.73 Å². The highest BCUT2D eigenvalue weighted by atomic mass is 32.1. The Balaban J connectivity index is 1.40. The maximum Gasteiger partial charge on any atom is 0.419 e. The van der Waals surface area contributed by atoms with Gasteiger partial charge in [0.05, 0.1) is 16.5 Å². The predicted molar refractivity (Wildman–Crippen MR) is 120 cm³/mol. The van der Waals surface area contributed by atoms with E-state index in [-0.39, 0.29) is 11.5 Å². The third-order valence-corrected chi connectivity index (χ3v) is 5.46. The van der Waals surface area contributed by atoms with Crippen LogP contribution in [-0.2, 0) is 6.18 Å². The summed E-state index contributed by atoms with van der Waals surface area (Å²) >= 11 is 1.25. The number of urea groups is 1. The second-order valence-corrected chi connectivity index (χ2v) is 7.75. The summed E-state index contributed by atoms with van der Waals surface area (Å²) in [5.74, 6) is -1.68. The molecular weight excluding hydrogens is 476 g/mol. The van der Waals surface area contributed by atoms with Gasteiger partial charge >= 0.3 is 12.2 Å². The first-order valence-corrected chi connectivity index (χ1v) is 10.3. The molecule has 34 heavy (non-hydrogen) atoms. The van der Waals surface area contributed by atoms with Crippen molar-refractivity contribution >= 4 is 56.4 Å². The number of rotatable bonds is 4. The quantitative estimate of drug-likeness (QED) is 0.288. The first-order valence-electron chi connectivity index (χ1n) is 9.45. The molecule has 0 saturated carbocycles. The lowest BCUT2D eigenvalue weighted by atomic mass is 10.2. The van der Waals surface area contributed by atoms with Crippen LogP contribution in [0.3, 0.4) is 0 Å². The molecule has 2 aromatic heterocycles. The lowest BCUT2D eigenvalue weighted by Gasteiger charge is -2.12. The van der Waals surface area contributed by atoms with Gasteiger partial charge in [0.15, 0.2) is 0 Å². The zero-order valence-electron chi connectivity index (χ0n) is 16.9. The minimum atomic E-state index is -4.90. The Morgan fingerprint density at radius 3 is 2.21 bits per heavy atom. The highest BCUT2D eigenvalue weighted by Gasteiger charge is 2.34. The summed E-state index contributed by atoms with van der Waals surface area (Å²) < 4.78 is 51.8. The van der Waals surface area contributed by atoms with E-state index in [1.165, 1.54) is 41.9 Å². The van der Waals surface area contributed by atoms with Crippen LogP contribution in [0.4, 0.5) is 45.2 Å². The van der Waals surface area contributed by atoms with Gasteiger partial charge < -0.3 is 21.7 Å². The van der Waals surface area contributed by atoms with E-state index in [0.717, 1.165) is 6.07 Å². The molecule has 0 bridgehead atoms. The van der Waals surface area contributed by atoms with E-state index in [2.05, 4.69) is 25.9 Å². The Bertz CT molecular complexity index is 1390. The average Bonchev–Trinajstić information content (AvgIpc) is 3.21. The van der Waals surface area contributed by atoms with Crippen molar-refractivity contribution in [1.29, 1.82) is 0 Å². The van der Waals surface area contributed by atoms with Crippen molar-refractivity contribution in [1.82, 2.24) is 9.97 Å². The molecule has 13 heteroatoms. The monoisotopic (exact) mass is 490 g/mol. The van der Waals surface area contributed by atoms with Gasteiger partial charge in [0.25, 0.3) is 5.91 Å². The first-order chi connectivity index (χ1) is 16.1. The average molecular weight is 490 g/mol. The Morgan fingerprint density at radius 2 is 1.53 bits per heavy atom. The van der Waals surface area contributed by atoms with Crippen molar-refractivity contribution in [2.45, 2.75) is 6.18 Å². The largest absolute Gasteiger partial charge is 0.419 e. The molecule has 0 radical (unpaired) electrons. The number of nitrogens with one attached hydrogen (secondary N) is 3. The van der Waals surface area contributed by atoms with Crippen LogP contribution < -0.4 is 21.7 Å². The molecule has 3 amide bonds. The third-order valence-electron chi connectivity index (χ3n) is 4.57. The van der Waals surface area contributed by atoms with Crippen LogP contribution in [0.5, 0.6) is 0 Å². The number of fused-ring (bicyclic) bond motifs is 1. The smallest absolute Gasteiger partial charge is 0.383 e. The third kappa shape index (κ3) is 4.88. The number of thiophene rings is 1. The number of anilines is 4. The molecule has 2 heterocycles. The van der Waals surface area contributed by atoms with Crippen molar-refractivity contribution in [2.75, 3.05) is 21.7 Å². The maximum absolute atomic E-state index is 13.4. The molecule has 5 N–H and O–H groups in total. The van der Waals surface area contributed by atoms with Crippen LogP contribution in [0.15, 0.2) is 54.2 Å². The number of halogens is 4. The summed E-state index contributed by atoms with van der Waals surface area (Å²) in [6.45, 7) is 0. The number of hydrogen-bond acceptors (Lipinski definition) is 6. The maximum atomic E-state index is 13.4. The van der Waals surface area contributed by atoms with Gasteiger partial charge in [0.1, 0.15) is 22.8 Å². The highest BCUT2D eigenvalue weighted by Crippen LogP contribution is 2.33. The number of aromatic nitrogens is 2. The van der Waals surface area contributed by atoms with Crippen molar-refractivity contribution in [2.24, 2.45) is 0 Å². The van der Waals surface area contributed by atoms with Gasteiger partial charge in [-0.2, -0.15) is 13.2 Å². The Hall–Kier alpha value is -4.26. The molecule has 0 fully saturated rings. The van der Waals surface area contributed by atoms with Crippen LogP contribution in [0.2, 0.25) is 0 Å². The van der Waals surface area contributed by atoms with Crippen LogP contribution in [0, 0.1) is 5.82 Å². The number of nitrogens with two attached hydrogens (primary N) is 1. The SMILES string of the molecule is Nc1ncnc2scc(C(=O)Nc3ccc(NC(=O)Nc4ccc(F)c(C(F)(F)F)c4)cc3)c12. The summed E-state index contributed by atoms with van der Waals surface area (Å²) in [4.78, 5) is 33.3. The van der Waals surface area contributed by atoms with E-state index < -0.39 is 29.5 Å².